The van der Waals surface area contributed by atoms with Crippen LogP contribution in [0.25, 0.3) is 11.4 Å². The van der Waals surface area contributed by atoms with Crippen LogP contribution in [0.2, 0.25) is 0 Å². The van der Waals surface area contributed by atoms with E-state index in [1.54, 1.807) is 43.5 Å². The molecule has 7 nitrogen and oxygen atoms in total. The predicted molar refractivity (Wildman–Crippen MR) is 118 cm³/mol. The van der Waals surface area contributed by atoms with Crippen molar-refractivity contribution in [1.29, 1.82) is 0 Å². The number of nitrogens with one attached hydrogen (secondary N) is 1. The number of halogens is 2. The van der Waals surface area contributed by atoms with Gasteiger partial charge >= 0.3 is 0 Å². The monoisotopic (exact) mass is 461 g/mol. The van der Waals surface area contributed by atoms with E-state index >= 15 is 0 Å². The molecule has 170 valence electrons. The Bertz CT molecular complexity index is 1220. The van der Waals surface area contributed by atoms with Gasteiger partial charge in [-0.15, -0.1) is 10.2 Å². The van der Waals surface area contributed by atoms with Crippen molar-refractivity contribution in [2.24, 2.45) is 0 Å². The minimum Gasteiger partial charge on any atom is -0.315 e. The zero-order valence-corrected chi connectivity index (χ0v) is 18.9. The Balaban J connectivity index is 1.96. The van der Waals surface area contributed by atoms with E-state index in [0.717, 1.165) is 29.4 Å². The highest BCUT2D eigenvalue weighted by Crippen LogP contribution is 2.40. The van der Waals surface area contributed by atoms with Gasteiger partial charge in [0.25, 0.3) is 10.0 Å². The van der Waals surface area contributed by atoms with E-state index in [9.17, 15) is 17.2 Å². The summed E-state index contributed by atoms with van der Waals surface area (Å²) in [4.78, 5) is 0.0482. The summed E-state index contributed by atoms with van der Waals surface area (Å²) in [5.41, 5.74) is -0.837. The summed E-state index contributed by atoms with van der Waals surface area (Å²) >= 11 is 0. The maximum absolute atomic E-state index is 14.5. The largest absolute Gasteiger partial charge is 0.315 e. The molecule has 0 aliphatic carbocycles. The van der Waals surface area contributed by atoms with E-state index in [1.807, 2.05) is 0 Å². The van der Waals surface area contributed by atoms with Crippen molar-refractivity contribution in [3.05, 3.63) is 60.4 Å². The topological polar surface area (TPSA) is 80.1 Å². The van der Waals surface area contributed by atoms with Gasteiger partial charge in [0, 0.05) is 23.7 Å². The summed E-state index contributed by atoms with van der Waals surface area (Å²) in [5, 5.41) is 11.4. The van der Waals surface area contributed by atoms with Crippen LogP contribution in [0.3, 0.4) is 0 Å². The molecule has 32 heavy (non-hydrogen) atoms. The summed E-state index contributed by atoms with van der Waals surface area (Å²) in [7, 11) is -4.11. The summed E-state index contributed by atoms with van der Waals surface area (Å²) in [6.45, 7) is 6.58. The highest BCUT2D eigenvalue weighted by atomic mass is 32.2. The predicted octanol–water partition coefficient (Wildman–Crippen LogP) is 3.75. The first-order valence-electron chi connectivity index (χ1n) is 10.3. The van der Waals surface area contributed by atoms with E-state index in [-0.39, 0.29) is 28.0 Å². The lowest BCUT2D eigenvalue weighted by Gasteiger charge is -2.37. The Kier molecular flexibility index (Phi) is 5.76. The summed E-state index contributed by atoms with van der Waals surface area (Å²) in [6, 6.07) is 9.82. The maximum Gasteiger partial charge on any atom is 0.264 e. The molecular weight excluding hydrogens is 436 g/mol. The molecule has 1 saturated heterocycles. The molecule has 1 N–H and O–H groups in total. The van der Waals surface area contributed by atoms with E-state index in [2.05, 4.69) is 15.5 Å². The van der Waals surface area contributed by atoms with E-state index in [0.29, 0.717) is 6.54 Å². The van der Waals surface area contributed by atoms with Crippen molar-refractivity contribution in [3.63, 3.8) is 0 Å². The first-order valence-corrected chi connectivity index (χ1v) is 11.7. The van der Waals surface area contributed by atoms with Gasteiger partial charge in [0.05, 0.1) is 16.6 Å². The zero-order valence-electron chi connectivity index (χ0n) is 18.1. The smallest absolute Gasteiger partial charge is 0.264 e. The molecule has 3 aromatic rings. The van der Waals surface area contributed by atoms with Crippen LogP contribution in [0.1, 0.15) is 33.2 Å². The molecule has 1 atom stereocenters. The van der Waals surface area contributed by atoms with Gasteiger partial charge in [-0.2, -0.15) is 0 Å². The van der Waals surface area contributed by atoms with Crippen LogP contribution in [0.15, 0.2) is 53.7 Å². The Hall–Kier alpha value is -2.85. The third-order valence-electron chi connectivity index (χ3n) is 5.39. The third kappa shape index (κ3) is 4.00. The van der Waals surface area contributed by atoms with Crippen molar-refractivity contribution < 1.29 is 17.2 Å². The van der Waals surface area contributed by atoms with E-state index in [1.165, 1.54) is 18.5 Å². The molecule has 0 unspecified atom stereocenters. The number of rotatable bonds is 5. The molecule has 1 aromatic heterocycles. The fourth-order valence-corrected chi connectivity index (χ4v) is 5.86. The Morgan fingerprint density at radius 3 is 2.44 bits per heavy atom. The highest BCUT2D eigenvalue weighted by molar-refractivity contribution is 7.93. The van der Waals surface area contributed by atoms with Gasteiger partial charge in [0.1, 0.15) is 6.33 Å². The molecule has 1 fully saturated rings. The van der Waals surface area contributed by atoms with Gasteiger partial charge in [0.2, 0.25) is 0 Å². The molecular formula is C22H25F2N5O2S. The molecule has 1 aliphatic heterocycles. The average molecular weight is 462 g/mol. The Morgan fingerprint density at radius 2 is 1.81 bits per heavy atom. The van der Waals surface area contributed by atoms with Gasteiger partial charge in [-0.25, -0.2) is 17.2 Å². The normalized spacial score (nSPS) is 17.0. The van der Waals surface area contributed by atoms with Crippen LogP contribution in [0, 0.1) is 11.6 Å². The average Bonchev–Trinajstić information content (AvgIpc) is 3.41. The van der Waals surface area contributed by atoms with Crippen LogP contribution in [0.5, 0.6) is 0 Å². The van der Waals surface area contributed by atoms with Crippen molar-refractivity contribution in [2.75, 3.05) is 17.4 Å². The van der Waals surface area contributed by atoms with Gasteiger partial charge in [-0.05, 0) is 51.9 Å². The number of hydrogen-bond donors (Lipinski definition) is 1. The lowest BCUT2D eigenvalue weighted by molar-refractivity contribution is 0.504. The summed E-state index contributed by atoms with van der Waals surface area (Å²) < 4.78 is 59.2. The van der Waals surface area contributed by atoms with Gasteiger partial charge < -0.3 is 9.88 Å². The van der Waals surface area contributed by atoms with Gasteiger partial charge in [0.15, 0.2) is 17.5 Å². The maximum atomic E-state index is 14.5. The van der Waals surface area contributed by atoms with Gasteiger partial charge in [-0.3, -0.25) is 4.31 Å². The number of benzene rings is 2. The first kappa shape index (κ1) is 22.3. The molecule has 0 bridgehead atoms. The first-order chi connectivity index (χ1) is 15.1. The number of aromatic nitrogens is 3. The minimum atomic E-state index is -4.11. The van der Waals surface area contributed by atoms with Crippen LogP contribution < -0.4 is 9.62 Å². The quantitative estimate of drug-likeness (QED) is 0.626. The molecule has 1 aliphatic rings. The second-order valence-electron chi connectivity index (χ2n) is 8.75. The number of sulfonamides is 1. The van der Waals surface area contributed by atoms with Crippen LogP contribution in [-0.2, 0) is 10.0 Å². The Labute approximate surface area is 186 Å². The molecule has 0 amide bonds. The molecule has 0 spiro atoms. The van der Waals surface area contributed by atoms with Crippen molar-refractivity contribution in [1.82, 2.24) is 20.1 Å². The number of nitrogens with zero attached hydrogens (tertiary/aromatic N) is 4. The lowest BCUT2D eigenvalue weighted by Crippen LogP contribution is -2.46. The SMILES string of the molecule is CC(C)(C)N(c1cc(F)c(F)cc1-c1nncn1[C@H]1CCNC1)S(=O)(=O)c1ccccc1. The van der Waals surface area contributed by atoms with Gasteiger partial charge in [-0.1, -0.05) is 18.2 Å². The molecule has 10 heteroatoms. The summed E-state index contributed by atoms with van der Waals surface area (Å²) in [5.74, 6) is -1.95. The van der Waals surface area contributed by atoms with E-state index < -0.39 is 27.2 Å². The van der Waals surface area contributed by atoms with Crippen molar-refractivity contribution in [2.45, 2.75) is 43.7 Å². The lowest BCUT2D eigenvalue weighted by atomic mass is 10.0. The summed E-state index contributed by atoms with van der Waals surface area (Å²) in [6.07, 6.45) is 2.35. The highest BCUT2D eigenvalue weighted by Gasteiger charge is 2.37. The fraction of sp³-hybridized carbons (Fsp3) is 0.364. The zero-order chi connectivity index (χ0) is 23.1. The second kappa shape index (κ2) is 8.25. The van der Waals surface area contributed by atoms with Crippen LogP contribution in [-0.4, -0.2) is 41.8 Å². The molecule has 2 aromatic carbocycles. The van der Waals surface area contributed by atoms with E-state index in [4.69, 9.17) is 0 Å². The number of anilines is 1. The third-order valence-corrected chi connectivity index (χ3v) is 7.48. The van der Waals surface area contributed by atoms with Crippen molar-refractivity contribution >= 4 is 15.7 Å². The Morgan fingerprint density at radius 1 is 1.12 bits per heavy atom. The molecule has 0 saturated carbocycles. The molecule has 2 heterocycles. The fourth-order valence-electron chi connectivity index (χ4n) is 4.01. The molecule has 4 rings (SSSR count). The number of hydrogen-bond acceptors (Lipinski definition) is 5. The van der Waals surface area contributed by atoms with Crippen LogP contribution in [0.4, 0.5) is 14.5 Å². The molecule has 0 radical (unpaired) electrons. The van der Waals surface area contributed by atoms with Crippen LogP contribution >= 0.6 is 0 Å². The van der Waals surface area contributed by atoms with Crippen molar-refractivity contribution in [3.8, 4) is 11.4 Å². The standard InChI is InChI=1S/C22H25F2N5O2S/c1-22(2,3)29(32(30,31)16-7-5-4-6-8-16)20-12-19(24)18(23)11-17(20)21-27-26-14-28(21)15-9-10-25-13-15/h4-8,11-12,14-15,25H,9-10,13H2,1-3H3/t15-/m0/s1. The minimum absolute atomic E-state index is 0.000425. The second-order valence-corrected chi connectivity index (χ2v) is 10.5.